The highest BCUT2D eigenvalue weighted by atomic mass is 16.7. The number of amides is 1. The highest BCUT2D eigenvalue weighted by Gasteiger charge is 2.69. The summed E-state index contributed by atoms with van der Waals surface area (Å²) in [5, 5.41) is 31.8. The predicted octanol–water partition coefficient (Wildman–Crippen LogP) is 3.62. The fraction of sp³-hybridized carbons (Fsp3) is 0.500. The van der Waals surface area contributed by atoms with Crippen LogP contribution in [0, 0.1) is 22.7 Å². The maximum Gasteiger partial charge on any atom is 0.339 e. The number of fused-ring (bicyclic) bond motifs is 2. The molecule has 5 rings (SSSR count). The molecule has 0 aliphatic heterocycles. The Labute approximate surface area is 203 Å². The molecule has 3 fully saturated rings. The monoisotopic (exact) mass is 485 g/mol. The van der Waals surface area contributed by atoms with E-state index in [1.165, 1.54) is 0 Å². The van der Waals surface area contributed by atoms with E-state index in [0.29, 0.717) is 0 Å². The lowest BCUT2D eigenvalue weighted by atomic mass is 9.42. The number of ketones is 1. The lowest BCUT2D eigenvalue weighted by Gasteiger charge is -2.66. The second-order valence-corrected chi connectivity index (χ2v) is 9.94. The van der Waals surface area contributed by atoms with Crippen LogP contribution in [-0.4, -0.2) is 53.0 Å². The molecule has 3 saturated carbocycles. The Balaban J connectivity index is 1.60. The van der Waals surface area contributed by atoms with Gasteiger partial charge in [-0.2, -0.15) is 0 Å². The van der Waals surface area contributed by atoms with Gasteiger partial charge in [-0.25, -0.2) is 4.79 Å². The van der Waals surface area contributed by atoms with Gasteiger partial charge in [0.05, 0.1) is 5.41 Å². The van der Waals surface area contributed by atoms with Crippen molar-refractivity contribution in [1.29, 1.82) is 0 Å². The quantitative estimate of drug-likeness (QED) is 0.261. The van der Waals surface area contributed by atoms with E-state index in [1.54, 1.807) is 20.3 Å². The normalized spacial score (nSPS) is 30.7. The third kappa shape index (κ3) is 3.40. The summed E-state index contributed by atoms with van der Waals surface area (Å²) in [4.78, 5) is 37.3. The van der Waals surface area contributed by atoms with Gasteiger partial charge >= 0.3 is 5.97 Å². The second-order valence-electron chi connectivity index (χ2n) is 9.94. The molecule has 9 nitrogen and oxygen atoms in total. The Morgan fingerprint density at radius 3 is 2.54 bits per heavy atom. The van der Waals surface area contributed by atoms with E-state index in [0.717, 1.165) is 37.0 Å². The molecule has 1 aromatic rings. The van der Waals surface area contributed by atoms with Crippen molar-refractivity contribution in [3.05, 3.63) is 42.0 Å². The van der Waals surface area contributed by atoms with E-state index in [9.17, 15) is 29.7 Å². The van der Waals surface area contributed by atoms with Crippen LogP contribution in [0.25, 0.3) is 0 Å². The number of carbonyl (C=O) groups excluding carboxylic acids is 2. The molecule has 4 N–H and O–H groups in total. The van der Waals surface area contributed by atoms with Crippen molar-refractivity contribution in [2.45, 2.75) is 44.8 Å². The number of carboxylic acids is 1. The molecule has 4 atom stereocenters. The second kappa shape index (κ2) is 8.49. The van der Waals surface area contributed by atoms with Crippen LogP contribution < -0.4 is 5.32 Å². The maximum atomic E-state index is 13.2. The molecule has 1 unspecified atom stereocenters. The van der Waals surface area contributed by atoms with E-state index in [2.05, 4.69) is 11.9 Å². The number of aromatic carboxylic acids is 1. The molecule has 188 valence electrons. The van der Waals surface area contributed by atoms with Crippen LogP contribution in [0.2, 0.25) is 0 Å². The highest BCUT2D eigenvalue weighted by molar-refractivity contribution is 6.00. The number of anilines is 1. The summed E-state index contributed by atoms with van der Waals surface area (Å²) in [5.74, 6) is -4.33. The molecule has 35 heavy (non-hydrogen) atoms. The predicted molar refractivity (Wildman–Crippen MR) is 126 cm³/mol. The van der Waals surface area contributed by atoms with Gasteiger partial charge < -0.3 is 30.1 Å². The van der Waals surface area contributed by atoms with Crippen molar-refractivity contribution in [3.63, 3.8) is 0 Å². The minimum absolute atomic E-state index is 0.0845. The Morgan fingerprint density at radius 2 is 1.91 bits per heavy atom. The number of carbonyl (C=O) groups is 3. The fourth-order valence-electron chi connectivity index (χ4n) is 6.68. The van der Waals surface area contributed by atoms with E-state index >= 15 is 0 Å². The molecule has 0 aromatic heterocycles. The van der Waals surface area contributed by atoms with Gasteiger partial charge in [-0.1, -0.05) is 19.6 Å². The van der Waals surface area contributed by atoms with Gasteiger partial charge in [-0.05, 0) is 61.3 Å². The Bertz CT molecular complexity index is 1140. The Morgan fingerprint density at radius 1 is 1.23 bits per heavy atom. The van der Waals surface area contributed by atoms with Crippen molar-refractivity contribution in [2.24, 2.45) is 22.7 Å². The fourth-order valence-corrected chi connectivity index (χ4v) is 6.68. The maximum absolute atomic E-state index is 13.2. The number of nitrogens with one attached hydrogen (secondary N) is 1. The number of phenols is 2. The molecule has 0 radical (unpaired) electrons. The molecular weight excluding hydrogens is 454 g/mol. The van der Waals surface area contributed by atoms with Crippen molar-refractivity contribution in [1.82, 2.24) is 0 Å². The van der Waals surface area contributed by atoms with Gasteiger partial charge in [0, 0.05) is 26.1 Å². The lowest BCUT2D eigenvalue weighted by Crippen LogP contribution is -2.67. The zero-order chi connectivity index (χ0) is 25.8. The van der Waals surface area contributed by atoms with Crippen LogP contribution in [-0.2, 0) is 19.1 Å². The van der Waals surface area contributed by atoms with E-state index < -0.39 is 45.6 Å². The summed E-state index contributed by atoms with van der Waals surface area (Å²) >= 11 is 0. The van der Waals surface area contributed by atoms with Crippen LogP contribution in [0.4, 0.5) is 5.69 Å². The van der Waals surface area contributed by atoms with Gasteiger partial charge in [0.15, 0.2) is 17.3 Å². The largest absolute Gasteiger partial charge is 0.506 e. The molecule has 0 saturated heterocycles. The minimum Gasteiger partial charge on any atom is -0.506 e. The van der Waals surface area contributed by atoms with Gasteiger partial charge in [-0.15, -0.1) is 0 Å². The van der Waals surface area contributed by atoms with Crippen molar-refractivity contribution in [2.75, 3.05) is 19.5 Å². The van der Waals surface area contributed by atoms with E-state index in [4.69, 9.17) is 9.47 Å². The number of benzene rings is 1. The molecule has 0 heterocycles. The van der Waals surface area contributed by atoms with E-state index in [-0.39, 0.29) is 36.1 Å². The number of aromatic hydroxyl groups is 2. The number of rotatable bonds is 7. The van der Waals surface area contributed by atoms with Crippen LogP contribution in [0.1, 0.15) is 49.4 Å². The number of phenolic OH excluding ortho intramolecular Hbond substituents is 1. The zero-order valence-corrected chi connectivity index (χ0v) is 20.1. The summed E-state index contributed by atoms with van der Waals surface area (Å²) in [6, 6.07) is 2.13. The standard InChI is InChI=1S/C26H31NO8/c1-14-15-7-11-25(26(14,34-3)35-4)12-8-19(29)24(2,18(25)13-15)10-9-20(30)27-21-17(28)6-5-16(22(21)31)23(32)33/h5-6,8,12,15,18,28,31H,1,7,9-11,13H2,2-4H3,(H,27,30)(H,32,33)/t15-,18?,24-,25-/m0/s1. The average Bonchev–Trinajstić information content (AvgIpc) is 2.83. The number of ether oxygens (including phenoxy) is 2. The Kier molecular flexibility index (Phi) is 6.05. The molecule has 1 amide bonds. The van der Waals surface area contributed by atoms with Gasteiger partial charge in [0.1, 0.15) is 17.0 Å². The minimum atomic E-state index is -1.40. The molecule has 9 heteroatoms. The van der Waals surface area contributed by atoms with Crippen LogP contribution >= 0.6 is 0 Å². The van der Waals surface area contributed by atoms with Gasteiger partial charge in [0.2, 0.25) is 5.91 Å². The van der Waals surface area contributed by atoms with Crippen molar-refractivity contribution >= 4 is 23.3 Å². The molecular formula is C26H31NO8. The molecule has 4 aliphatic rings. The highest BCUT2D eigenvalue weighted by Crippen LogP contribution is 2.69. The summed E-state index contributed by atoms with van der Waals surface area (Å²) in [6.07, 6.45) is 5.99. The Hall–Kier alpha value is -3.17. The first-order chi connectivity index (χ1) is 16.5. The summed E-state index contributed by atoms with van der Waals surface area (Å²) in [7, 11) is 3.17. The molecule has 4 aliphatic carbocycles. The summed E-state index contributed by atoms with van der Waals surface area (Å²) in [6.45, 7) is 6.14. The van der Waals surface area contributed by atoms with Crippen LogP contribution in [0.15, 0.2) is 36.4 Å². The summed E-state index contributed by atoms with van der Waals surface area (Å²) < 4.78 is 11.9. The number of allylic oxidation sites excluding steroid dienone is 1. The van der Waals surface area contributed by atoms with Crippen LogP contribution in [0.3, 0.4) is 0 Å². The number of carboxylic acid groups (broad SMARTS) is 1. The SMILES string of the molecule is C=C1[C@H]2CC[C@@]3(C=CC(=O)[C@@](C)(CCC(=O)Nc4c(O)ccc(C(=O)O)c4O)C3C2)C1(OC)OC. The third-order valence-electron chi connectivity index (χ3n) is 8.54. The van der Waals surface area contributed by atoms with E-state index in [1.807, 2.05) is 13.0 Å². The molecule has 1 spiro atoms. The number of hydrogen-bond donors (Lipinski definition) is 4. The van der Waals surface area contributed by atoms with Crippen molar-refractivity contribution in [3.8, 4) is 11.5 Å². The molecule has 2 bridgehead atoms. The number of hydrogen-bond acceptors (Lipinski definition) is 7. The van der Waals surface area contributed by atoms with Gasteiger partial charge in [0.25, 0.3) is 0 Å². The third-order valence-corrected chi connectivity index (χ3v) is 8.54. The zero-order valence-electron chi connectivity index (χ0n) is 20.1. The average molecular weight is 486 g/mol. The summed E-state index contributed by atoms with van der Waals surface area (Å²) in [5.41, 5.74) is -1.45. The first-order valence-corrected chi connectivity index (χ1v) is 11.6. The first-order valence-electron chi connectivity index (χ1n) is 11.6. The molecule has 1 aromatic carbocycles. The smallest absolute Gasteiger partial charge is 0.339 e. The van der Waals surface area contributed by atoms with Gasteiger partial charge in [-0.3, -0.25) is 9.59 Å². The topological polar surface area (TPSA) is 142 Å². The number of methoxy groups -OCH3 is 2. The first kappa shape index (κ1) is 24.9. The van der Waals surface area contributed by atoms with Crippen LogP contribution in [0.5, 0.6) is 11.5 Å². The van der Waals surface area contributed by atoms with Crippen molar-refractivity contribution < 1.29 is 39.2 Å². The lowest BCUT2D eigenvalue weighted by molar-refractivity contribution is -0.293.